The first-order valence-electron chi connectivity index (χ1n) is 5.21. The zero-order chi connectivity index (χ0) is 13.1. The van der Waals surface area contributed by atoms with Crippen LogP contribution in [0, 0.1) is 11.6 Å². The van der Waals surface area contributed by atoms with Crippen LogP contribution in [0.15, 0.2) is 41.3 Å². The Bertz CT molecular complexity index is 575. The zero-order valence-electron chi connectivity index (χ0n) is 9.36. The van der Waals surface area contributed by atoms with Crippen LogP contribution in [0.25, 0.3) is 0 Å². The highest BCUT2D eigenvalue weighted by Crippen LogP contribution is 2.29. The fourth-order valence-corrected chi connectivity index (χ4v) is 2.35. The second kappa shape index (κ2) is 5.27. The van der Waals surface area contributed by atoms with E-state index in [9.17, 15) is 13.9 Å². The van der Waals surface area contributed by atoms with Crippen molar-refractivity contribution in [3.05, 3.63) is 53.6 Å². The monoisotopic (exact) mass is 267 g/mol. The van der Waals surface area contributed by atoms with Crippen LogP contribution < -0.4 is 5.73 Å². The Morgan fingerprint density at radius 2 is 1.83 bits per heavy atom. The van der Waals surface area contributed by atoms with Crippen LogP contribution >= 0.6 is 11.8 Å². The molecule has 0 atom stereocenters. The summed E-state index contributed by atoms with van der Waals surface area (Å²) in [6.07, 6.45) is 0. The van der Waals surface area contributed by atoms with Gasteiger partial charge < -0.3 is 10.8 Å². The molecule has 2 aromatic rings. The average molecular weight is 267 g/mol. The minimum Gasteiger partial charge on any atom is -0.508 e. The van der Waals surface area contributed by atoms with Gasteiger partial charge in [-0.2, -0.15) is 0 Å². The number of nitrogen functional groups attached to an aromatic ring is 1. The van der Waals surface area contributed by atoms with Crippen LogP contribution in [0.5, 0.6) is 5.75 Å². The van der Waals surface area contributed by atoms with Gasteiger partial charge in [0.1, 0.15) is 5.75 Å². The van der Waals surface area contributed by atoms with Crippen molar-refractivity contribution in [2.45, 2.75) is 10.6 Å². The number of aromatic hydroxyl groups is 1. The van der Waals surface area contributed by atoms with E-state index in [0.717, 1.165) is 12.1 Å². The van der Waals surface area contributed by atoms with E-state index in [-0.39, 0.29) is 5.75 Å². The molecule has 0 radical (unpaired) electrons. The summed E-state index contributed by atoms with van der Waals surface area (Å²) in [5, 5.41) is 9.61. The van der Waals surface area contributed by atoms with Crippen molar-refractivity contribution in [2.24, 2.45) is 0 Å². The lowest BCUT2D eigenvalue weighted by Crippen LogP contribution is -1.89. The Kier molecular flexibility index (Phi) is 3.72. The molecular formula is C13H11F2NOS. The predicted molar refractivity (Wildman–Crippen MR) is 68.4 cm³/mol. The highest BCUT2D eigenvalue weighted by Gasteiger charge is 2.06. The van der Waals surface area contributed by atoms with E-state index in [0.29, 0.717) is 21.9 Å². The van der Waals surface area contributed by atoms with Crippen molar-refractivity contribution in [3.8, 4) is 5.75 Å². The molecule has 0 bridgehead atoms. The van der Waals surface area contributed by atoms with Gasteiger partial charge in [0.25, 0.3) is 0 Å². The fraction of sp³-hybridized carbons (Fsp3) is 0.0769. The van der Waals surface area contributed by atoms with Crippen LogP contribution in [0.2, 0.25) is 0 Å². The molecule has 0 heterocycles. The molecule has 0 amide bonds. The van der Waals surface area contributed by atoms with Crippen molar-refractivity contribution < 1.29 is 13.9 Å². The minimum absolute atomic E-state index is 0.138. The maximum absolute atomic E-state index is 13.0. The van der Waals surface area contributed by atoms with Gasteiger partial charge in [0.2, 0.25) is 0 Å². The smallest absolute Gasteiger partial charge is 0.159 e. The molecular weight excluding hydrogens is 256 g/mol. The van der Waals surface area contributed by atoms with Crippen molar-refractivity contribution in [3.63, 3.8) is 0 Å². The van der Waals surface area contributed by atoms with E-state index >= 15 is 0 Å². The maximum atomic E-state index is 13.0. The summed E-state index contributed by atoms with van der Waals surface area (Å²) in [6.45, 7) is 0. The maximum Gasteiger partial charge on any atom is 0.159 e. The first kappa shape index (κ1) is 12.7. The third kappa shape index (κ3) is 2.92. The number of phenolic OH excluding ortho intramolecular Hbond substituents is 1. The highest BCUT2D eigenvalue weighted by atomic mass is 32.2. The topological polar surface area (TPSA) is 46.2 Å². The molecule has 0 aliphatic carbocycles. The van der Waals surface area contributed by atoms with E-state index in [1.807, 2.05) is 0 Å². The molecule has 0 aromatic heterocycles. The molecule has 0 unspecified atom stereocenters. The molecule has 0 aliphatic heterocycles. The number of halogens is 2. The minimum atomic E-state index is -0.878. The van der Waals surface area contributed by atoms with E-state index in [1.54, 1.807) is 12.1 Å². The third-order valence-corrected chi connectivity index (χ3v) is 3.43. The Morgan fingerprint density at radius 3 is 2.56 bits per heavy atom. The summed E-state index contributed by atoms with van der Waals surface area (Å²) in [4.78, 5) is 0.593. The molecule has 3 N–H and O–H groups in total. The molecule has 94 valence electrons. The molecule has 2 aromatic carbocycles. The van der Waals surface area contributed by atoms with Gasteiger partial charge >= 0.3 is 0 Å². The van der Waals surface area contributed by atoms with E-state index in [4.69, 9.17) is 5.73 Å². The molecule has 0 saturated heterocycles. The SMILES string of the molecule is Nc1ccc(O)c(CSc2ccc(F)c(F)c2)c1. The van der Waals surface area contributed by atoms with Crippen LogP contribution in [0.1, 0.15) is 5.56 Å². The summed E-state index contributed by atoms with van der Waals surface area (Å²) < 4.78 is 25.7. The number of phenols is 1. The molecule has 18 heavy (non-hydrogen) atoms. The van der Waals surface area contributed by atoms with Gasteiger partial charge in [-0.25, -0.2) is 8.78 Å². The Labute approximate surface area is 107 Å². The van der Waals surface area contributed by atoms with Gasteiger partial charge in [-0.1, -0.05) is 0 Å². The summed E-state index contributed by atoms with van der Waals surface area (Å²) >= 11 is 1.30. The van der Waals surface area contributed by atoms with E-state index < -0.39 is 11.6 Å². The number of rotatable bonds is 3. The summed E-state index contributed by atoms with van der Waals surface area (Å²) in [7, 11) is 0. The van der Waals surface area contributed by atoms with Crippen LogP contribution in [0.4, 0.5) is 14.5 Å². The van der Waals surface area contributed by atoms with Gasteiger partial charge in [-0.15, -0.1) is 11.8 Å². The number of benzene rings is 2. The first-order valence-corrected chi connectivity index (χ1v) is 6.20. The number of hydrogen-bond acceptors (Lipinski definition) is 3. The van der Waals surface area contributed by atoms with Gasteiger partial charge in [0.05, 0.1) is 0 Å². The molecule has 2 nitrogen and oxygen atoms in total. The van der Waals surface area contributed by atoms with Crippen LogP contribution in [0.3, 0.4) is 0 Å². The molecule has 5 heteroatoms. The summed E-state index contributed by atoms with van der Waals surface area (Å²) in [5.74, 6) is -1.18. The lowest BCUT2D eigenvalue weighted by molar-refractivity contribution is 0.471. The summed E-state index contributed by atoms with van der Waals surface area (Å²) in [5.41, 5.74) is 6.82. The largest absolute Gasteiger partial charge is 0.508 e. The third-order valence-electron chi connectivity index (χ3n) is 2.39. The van der Waals surface area contributed by atoms with Gasteiger partial charge in [0, 0.05) is 21.9 Å². The van der Waals surface area contributed by atoms with Crippen LogP contribution in [-0.4, -0.2) is 5.11 Å². The van der Waals surface area contributed by atoms with Gasteiger partial charge in [-0.05, 0) is 36.4 Å². The van der Waals surface area contributed by atoms with Gasteiger partial charge in [0.15, 0.2) is 11.6 Å². The first-order chi connectivity index (χ1) is 8.56. The van der Waals surface area contributed by atoms with Crippen molar-refractivity contribution >= 4 is 17.4 Å². The Morgan fingerprint density at radius 1 is 1.06 bits per heavy atom. The summed E-state index contributed by atoms with van der Waals surface area (Å²) in [6, 6.07) is 8.46. The standard InChI is InChI=1S/C13H11F2NOS/c14-11-3-2-10(6-12(11)15)18-7-8-5-9(16)1-4-13(8)17/h1-6,17H,7,16H2. The molecule has 0 fully saturated rings. The fourth-order valence-electron chi connectivity index (χ4n) is 1.45. The van der Waals surface area contributed by atoms with E-state index in [2.05, 4.69) is 0 Å². The van der Waals surface area contributed by atoms with E-state index in [1.165, 1.54) is 23.9 Å². The predicted octanol–water partition coefficient (Wildman–Crippen LogP) is 3.54. The quantitative estimate of drug-likeness (QED) is 0.508. The van der Waals surface area contributed by atoms with Crippen molar-refractivity contribution in [1.82, 2.24) is 0 Å². The second-order valence-electron chi connectivity index (χ2n) is 3.75. The molecule has 0 spiro atoms. The number of anilines is 1. The average Bonchev–Trinajstić information content (AvgIpc) is 2.34. The highest BCUT2D eigenvalue weighted by molar-refractivity contribution is 7.98. The number of nitrogens with two attached hydrogens (primary N) is 1. The zero-order valence-corrected chi connectivity index (χ0v) is 10.2. The second-order valence-corrected chi connectivity index (χ2v) is 4.80. The molecule has 2 rings (SSSR count). The lowest BCUT2D eigenvalue weighted by atomic mass is 10.2. The Balaban J connectivity index is 2.11. The lowest BCUT2D eigenvalue weighted by Gasteiger charge is -2.06. The molecule has 0 saturated carbocycles. The van der Waals surface area contributed by atoms with Crippen molar-refractivity contribution in [1.29, 1.82) is 0 Å². The normalized spacial score (nSPS) is 10.6. The van der Waals surface area contributed by atoms with Crippen molar-refractivity contribution in [2.75, 3.05) is 5.73 Å². The number of hydrogen-bond donors (Lipinski definition) is 2. The molecule has 0 aliphatic rings. The number of thioether (sulfide) groups is 1. The van der Waals surface area contributed by atoms with Gasteiger partial charge in [-0.3, -0.25) is 0 Å². The Hall–Kier alpha value is -1.75. The van der Waals surface area contributed by atoms with Crippen LogP contribution in [-0.2, 0) is 5.75 Å².